The van der Waals surface area contributed by atoms with Gasteiger partial charge in [0.15, 0.2) is 0 Å². The second-order valence-corrected chi connectivity index (χ2v) is 9.27. The van der Waals surface area contributed by atoms with Crippen molar-refractivity contribution in [3.8, 4) is 0 Å². The second-order valence-electron chi connectivity index (χ2n) is 9.27. The highest BCUT2D eigenvalue weighted by Crippen LogP contribution is 2.41. The first kappa shape index (κ1) is 28.0. The van der Waals surface area contributed by atoms with Gasteiger partial charge in [0, 0.05) is 18.4 Å². The SMILES string of the molecule is C=C(c1ccc(CCCC)cc1)[C@H]1CN(C(=O)OCc2ccccc2)[C@H](C(=O)OCC)[C@H]1CC(=O)OC. The predicted octanol–water partition coefficient (Wildman–Crippen LogP) is 5.42. The Morgan fingerprint density at radius 2 is 1.68 bits per heavy atom. The van der Waals surface area contributed by atoms with Gasteiger partial charge in [-0.3, -0.25) is 9.69 Å². The van der Waals surface area contributed by atoms with Crippen LogP contribution in [0.3, 0.4) is 0 Å². The summed E-state index contributed by atoms with van der Waals surface area (Å²) in [6.45, 7) is 8.59. The second kappa shape index (κ2) is 13.6. The Hall–Kier alpha value is -3.61. The largest absolute Gasteiger partial charge is 0.469 e. The Kier molecular flexibility index (Phi) is 10.3. The number of esters is 2. The minimum atomic E-state index is -0.993. The number of carbonyl (C=O) groups excluding carboxylic acids is 3. The number of hydrogen-bond donors (Lipinski definition) is 0. The Balaban J connectivity index is 1.88. The molecule has 0 aromatic heterocycles. The van der Waals surface area contributed by atoms with Gasteiger partial charge in [0.05, 0.1) is 20.1 Å². The van der Waals surface area contributed by atoms with Crippen molar-refractivity contribution in [2.45, 2.75) is 52.2 Å². The number of benzene rings is 2. The molecule has 0 N–H and O–H groups in total. The van der Waals surface area contributed by atoms with Crippen molar-refractivity contribution >= 4 is 23.6 Å². The molecule has 0 aliphatic carbocycles. The molecule has 3 atom stereocenters. The number of rotatable bonds is 11. The van der Waals surface area contributed by atoms with Crippen molar-refractivity contribution in [2.75, 3.05) is 20.3 Å². The lowest BCUT2D eigenvalue weighted by molar-refractivity contribution is -0.150. The summed E-state index contributed by atoms with van der Waals surface area (Å²) in [5.74, 6) is -1.97. The van der Waals surface area contributed by atoms with Crippen LogP contribution in [0.4, 0.5) is 4.79 Å². The van der Waals surface area contributed by atoms with Gasteiger partial charge in [0.2, 0.25) is 0 Å². The molecule has 2 aromatic carbocycles. The molecular weight excluding hydrogens is 470 g/mol. The van der Waals surface area contributed by atoms with Crippen molar-refractivity contribution in [1.29, 1.82) is 0 Å². The van der Waals surface area contributed by atoms with Crippen LogP contribution in [0.1, 0.15) is 49.8 Å². The van der Waals surface area contributed by atoms with Crippen LogP contribution in [-0.4, -0.2) is 49.2 Å². The van der Waals surface area contributed by atoms with Crippen LogP contribution >= 0.6 is 0 Å². The molecule has 7 nitrogen and oxygen atoms in total. The molecule has 1 saturated heterocycles. The summed E-state index contributed by atoms with van der Waals surface area (Å²) in [5.41, 5.74) is 3.73. The van der Waals surface area contributed by atoms with Crippen molar-refractivity contribution in [3.63, 3.8) is 0 Å². The standard InChI is InChI=1S/C30H37NO6/c1-5-7-11-22-14-16-24(17-15-22)21(3)26-19-31(30(34)37-20-23-12-9-8-10-13-23)28(29(33)36-6-2)25(26)18-27(32)35-4/h8-10,12-17,25-26,28H,3,5-7,11,18-20H2,1-2,4H3/t25-,26+,28-/m0/s1. The molecule has 7 heteroatoms. The number of methoxy groups -OCH3 is 1. The molecule has 0 spiro atoms. The lowest BCUT2D eigenvalue weighted by Crippen LogP contribution is -2.45. The van der Waals surface area contributed by atoms with Gasteiger partial charge in [0.1, 0.15) is 12.6 Å². The van der Waals surface area contributed by atoms with E-state index in [1.54, 1.807) is 6.92 Å². The fraction of sp³-hybridized carbons (Fsp3) is 0.433. The molecule has 0 radical (unpaired) electrons. The van der Waals surface area contributed by atoms with E-state index in [1.807, 2.05) is 42.5 Å². The molecule has 1 heterocycles. The van der Waals surface area contributed by atoms with Crippen LogP contribution in [0.15, 0.2) is 61.2 Å². The summed E-state index contributed by atoms with van der Waals surface area (Å²) in [7, 11) is 1.31. The third-order valence-corrected chi connectivity index (χ3v) is 6.84. The van der Waals surface area contributed by atoms with Crippen LogP contribution < -0.4 is 0 Å². The van der Waals surface area contributed by atoms with E-state index >= 15 is 0 Å². The minimum absolute atomic E-state index is 0.0548. The first-order valence-electron chi connectivity index (χ1n) is 12.9. The van der Waals surface area contributed by atoms with Crippen molar-refractivity contribution in [3.05, 3.63) is 77.9 Å². The van der Waals surface area contributed by atoms with E-state index in [0.717, 1.165) is 36.0 Å². The summed E-state index contributed by atoms with van der Waals surface area (Å²) in [4.78, 5) is 40.1. The average molecular weight is 508 g/mol. The zero-order valence-electron chi connectivity index (χ0n) is 22.0. The Bertz CT molecular complexity index is 1070. The summed E-state index contributed by atoms with van der Waals surface area (Å²) >= 11 is 0. The molecule has 1 aliphatic rings. The van der Waals surface area contributed by atoms with Gasteiger partial charge in [-0.25, -0.2) is 9.59 Å². The molecule has 1 aliphatic heterocycles. The monoisotopic (exact) mass is 507 g/mol. The summed E-state index contributed by atoms with van der Waals surface area (Å²) in [6.07, 6.45) is 2.55. The molecule has 198 valence electrons. The number of ether oxygens (including phenoxy) is 3. The summed E-state index contributed by atoms with van der Waals surface area (Å²) in [5, 5.41) is 0. The molecule has 0 bridgehead atoms. The summed E-state index contributed by atoms with van der Waals surface area (Å²) < 4.78 is 15.8. The molecule has 0 unspecified atom stereocenters. The van der Waals surface area contributed by atoms with E-state index in [0.29, 0.717) is 0 Å². The number of aryl methyl sites for hydroxylation is 1. The van der Waals surface area contributed by atoms with Crippen LogP contribution in [0.2, 0.25) is 0 Å². The van der Waals surface area contributed by atoms with E-state index in [-0.39, 0.29) is 32.1 Å². The predicted molar refractivity (Wildman–Crippen MR) is 141 cm³/mol. The molecule has 2 aromatic rings. The number of likely N-dealkylation sites (tertiary alicyclic amines) is 1. The van der Waals surface area contributed by atoms with Gasteiger partial charge in [-0.1, -0.05) is 74.5 Å². The average Bonchev–Trinajstić information content (AvgIpc) is 3.30. The highest BCUT2D eigenvalue weighted by molar-refractivity contribution is 5.85. The zero-order valence-corrected chi connectivity index (χ0v) is 22.0. The molecule has 3 rings (SSSR count). The molecular formula is C30H37NO6. The first-order valence-corrected chi connectivity index (χ1v) is 12.9. The third-order valence-electron chi connectivity index (χ3n) is 6.84. The normalized spacial score (nSPS) is 18.8. The van der Waals surface area contributed by atoms with E-state index in [1.165, 1.54) is 17.6 Å². The van der Waals surface area contributed by atoms with Gasteiger partial charge in [-0.05, 0) is 42.0 Å². The first-order chi connectivity index (χ1) is 17.9. The van der Waals surface area contributed by atoms with Crippen LogP contribution in [0.5, 0.6) is 0 Å². The Morgan fingerprint density at radius 1 is 0.973 bits per heavy atom. The molecule has 0 saturated carbocycles. The quantitative estimate of drug-likeness (QED) is 0.298. The van der Waals surface area contributed by atoms with Gasteiger partial charge in [-0.15, -0.1) is 0 Å². The van der Waals surface area contributed by atoms with Crippen LogP contribution in [0, 0.1) is 11.8 Å². The Morgan fingerprint density at radius 3 is 2.30 bits per heavy atom. The number of nitrogens with zero attached hydrogens (tertiary/aromatic N) is 1. The van der Waals surface area contributed by atoms with Gasteiger partial charge in [0.25, 0.3) is 0 Å². The van der Waals surface area contributed by atoms with E-state index < -0.39 is 30.0 Å². The lowest BCUT2D eigenvalue weighted by Gasteiger charge is -2.26. The number of hydrogen-bond acceptors (Lipinski definition) is 6. The molecule has 37 heavy (non-hydrogen) atoms. The van der Waals surface area contributed by atoms with Gasteiger partial charge >= 0.3 is 18.0 Å². The number of unbranched alkanes of at least 4 members (excludes halogenated alkanes) is 1. The smallest absolute Gasteiger partial charge is 0.410 e. The van der Waals surface area contributed by atoms with Crippen molar-refractivity contribution in [1.82, 2.24) is 4.90 Å². The van der Waals surface area contributed by atoms with Crippen LogP contribution in [0.25, 0.3) is 5.57 Å². The van der Waals surface area contributed by atoms with Crippen molar-refractivity contribution in [2.24, 2.45) is 11.8 Å². The third kappa shape index (κ3) is 7.21. The molecule has 1 amide bonds. The lowest BCUT2D eigenvalue weighted by atomic mass is 9.80. The number of amides is 1. The van der Waals surface area contributed by atoms with Gasteiger partial charge in [-0.2, -0.15) is 0 Å². The van der Waals surface area contributed by atoms with E-state index in [4.69, 9.17) is 14.2 Å². The van der Waals surface area contributed by atoms with Crippen molar-refractivity contribution < 1.29 is 28.6 Å². The fourth-order valence-electron chi connectivity index (χ4n) is 4.81. The fourth-order valence-corrected chi connectivity index (χ4v) is 4.81. The maximum Gasteiger partial charge on any atom is 0.410 e. The highest BCUT2D eigenvalue weighted by atomic mass is 16.6. The highest BCUT2D eigenvalue weighted by Gasteiger charge is 2.51. The maximum absolute atomic E-state index is 13.2. The Labute approximate surface area is 219 Å². The molecule has 1 fully saturated rings. The van der Waals surface area contributed by atoms with E-state index in [2.05, 4.69) is 25.6 Å². The van der Waals surface area contributed by atoms with E-state index in [9.17, 15) is 14.4 Å². The number of carbonyl (C=O) groups is 3. The van der Waals surface area contributed by atoms with Crippen LogP contribution in [-0.2, 0) is 36.8 Å². The zero-order chi connectivity index (χ0) is 26.8. The topological polar surface area (TPSA) is 82.1 Å². The maximum atomic E-state index is 13.2. The summed E-state index contributed by atoms with van der Waals surface area (Å²) in [6, 6.07) is 16.5. The minimum Gasteiger partial charge on any atom is -0.469 e. The van der Waals surface area contributed by atoms with Gasteiger partial charge < -0.3 is 14.2 Å².